The molecule has 1 atom stereocenters. The lowest BCUT2D eigenvalue weighted by atomic mass is 9.85. The summed E-state index contributed by atoms with van der Waals surface area (Å²) < 4.78 is 6.38. The zero-order valence-electron chi connectivity index (χ0n) is 12.4. The molecule has 0 spiro atoms. The van der Waals surface area contributed by atoms with Crippen molar-refractivity contribution in [3.63, 3.8) is 0 Å². The van der Waals surface area contributed by atoms with Crippen LogP contribution >= 0.6 is 0 Å². The van der Waals surface area contributed by atoms with Crippen molar-refractivity contribution in [3.8, 4) is 0 Å². The van der Waals surface area contributed by atoms with Crippen molar-refractivity contribution in [2.45, 2.75) is 57.7 Å². The van der Waals surface area contributed by atoms with Crippen LogP contribution in [0.1, 0.15) is 50.3 Å². The second kappa shape index (κ2) is 4.60. The summed E-state index contributed by atoms with van der Waals surface area (Å²) in [7, 11) is 0. The number of benzene rings is 1. The smallest absolute Gasteiger partial charge is 0.103 e. The van der Waals surface area contributed by atoms with Gasteiger partial charge in [0.15, 0.2) is 0 Å². The molecule has 1 fully saturated rings. The SMILES string of the molecule is CC1(C)CNCC(C)(c2ccc3c(c2)CCCC3)O1. The van der Waals surface area contributed by atoms with Gasteiger partial charge in [0.1, 0.15) is 5.60 Å². The number of hydrogen-bond acceptors (Lipinski definition) is 2. The summed E-state index contributed by atoms with van der Waals surface area (Å²) >= 11 is 0. The van der Waals surface area contributed by atoms with Gasteiger partial charge in [0.05, 0.1) is 5.60 Å². The summed E-state index contributed by atoms with van der Waals surface area (Å²) in [6, 6.07) is 6.98. The molecule has 2 aliphatic rings. The van der Waals surface area contributed by atoms with E-state index in [-0.39, 0.29) is 11.2 Å². The first kappa shape index (κ1) is 13.1. The van der Waals surface area contributed by atoms with Crippen molar-refractivity contribution in [3.05, 3.63) is 34.9 Å². The summed E-state index contributed by atoms with van der Waals surface area (Å²) in [5, 5.41) is 3.52. The largest absolute Gasteiger partial charge is 0.362 e. The van der Waals surface area contributed by atoms with Crippen molar-refractivity contribution >= 4 is 0 Å². The zero-order valence-corrected chi connectivity index (χ0v) is 12.4. The highest BCUT2D eigenvalue weighted by atomic mass is 16.5. The molecule has 1 aromatic carbocycles. The maximum Gasteiger partial charge on any atom is 0.103 e. The molecule has 1 saturated heterocycles. The molecule has 1 N–H and O–H groups in total. The highest BCUT2D eigenvalue weighted by Gasteiger charge is 2.38. The number of morpholine rings is 1. The minimum Gasteiger partial charge on any atom is -0.362 e. The number of ether oxygens (including phenoxy) is 1. The molecule has 19 heavy (non-hydrogen) atoms. The standard InChI is InChI=1S/C17H25NO/c1-16(2)11-18-12-17(3,19-16)15-9-8-13-6-4-5-7-14(13)10-15/h8-10,18H,4-7,11-12H2,1-3H3. The van der Waals surface area contributed by atoms with Crippen molar-refractivity contribution in [1.29, 1.82) is 0 Å². The van der Waals surface area contributed by atoms with Gasteiger partial charge in [0.25, 0.3) is 0 Å². The molecule has 0 saturated carbocycles. The molecule has 2 nitrogen and oxygen atoms in total. The third kappa shape index (κ3) is 2.56. The predicted molar refractivity (Wildman–Crippen MR) is 78.5 cm³/mol. The van der Waals surface area contributed by atoms with Gasteiger partial charge in [-0.1, -0.05) is 18.2 Å². The first-order chi connectivity index (χ1) is 8.99. The molecule has 0 amide bonds. The summed E-state index contributed by atoms with van der Waals surface area (Å²) in [4.78, 5) is 0. The summed E-state index contributed by atoms with van der Waals surface area (Å²) in [5.41, 5.74) is 4.11. The Bertz CT molecular complexity index is 480. The second-order valence-electron chi connectivity index (χ2n) is 6.89. The Morgan fingerprint density at radius 3 is 2.47 bits per heavy atom. The Labute approximate surface area is 116 Å². The van der Waals surface area contributed by atoms with E-state index in [9.17, 15) is 0 Å². The van der Waals surface area contributed by atoms with Gasteiger partial charge >= 0.3 is 0 Å². The average molecular weight is 259 g/mol. The Morgan fingerprint density at radius 1 is 1.00 bits per heavy atom. The van der Waals surface area contributed by atoms with Gasteiger partial charge in [-0.05, 0) is 63.1 Å². The fourth-order valence-electron chi connectivity index (χ4n) is 3.51. The number of nitrogens with one attached hydrogen (secondary N) is 1. The Balaban J connectivity index is 1.92. The molecular weight excluding hydrogens is 234 g/mol. The van der Waals surface area contributed by atoms with Crippen LogP contribution in [0.2, 0.25) is 0 Å². The van der Waals surface area contributed by atoms with Gasteiger partial charge in [0.2, 0.25) is 0 Å². The number of fused-ring (bicyclic) bond motifs is 1. The van der Waals surface area contributed by atoms with Crippen LogP contribution in [0.4, 0.5) is 0 Å². The first-order valence-corrected chi connectivity index (χ1v) is 7.52. The van der Waals surface area contributed by atoms with Crippen molar-refractivity contribution in [1.82, 2.24) is 5.32 Å². The van der Waals surface area contributed by atoms with Crippen molar-refractivity contribution in [2.24, 2.45) is 0 Å². The van der Waals surface area contributed by atoms with Crippen LogP contribution in [-0.4, -0.2) is 18.7 Å². The normalized spacial score (nSPS) is 29.8. The monoisotopic (exact) mass is 259 g/mol. The van der Waals surface area contributed by atoms with Crippen LogP contribution in [0.15, 0.2) is 18.2 Å². The van der Waals surface area contributed by atoms with E-state index in [0.29, 0.717) is 0 Å². The van der Waals surface area contributed by atoms with Gasteiger partial charge in [0, 0.05) is 13.1 Å². The lowest BCUT2D eigenvalue weighted by molar-refractivity contribution is -0.157. The molecule has 3 rings (SSSR count). The third-order valence-corrected chi connectivity index (χ3v) is 4.47. The molecule has 1 aromatic rings. The average Bonchev–Trinajstić information content (AvgIpc) is 2.36. The number of rotatable bonds is 1. The summed E-state index contributed by atoms with van der Waals surface area (Å²) in [6.07, 6.45) is 5.15. The van der Waals surface area contributed by atoms with Gasteiger partial charge in [-0.25, -0.2) is 0 Å². The summed E-state index contributed by atoms with van der Waals surface area (Å²) in [6.45, 7) is 8.36. The first-order valence-electron chi connectivity index (χ1n) is 7.52. The Kier molecular flexibility index (Phi) is 3.18. The van der Waals surface area contributed by atoms with Crippen LogP contribution in [0.5, 0.6) is 0 Å². The lowest BCUT2D eigenvalue weighted by Crippen LogP contribution is -2.55. The fourth-order valence-corrected chi connectivity index (χ4v) is 3.51. The van der Waals surface area contributed by atoms with Gasteiger partial charge in [-0.15, -0.1) is 0 Å². The van der Waals surface area contributed by atoms with E-state index in [2.05, 4.69) is 44.3 Å². The molecule has 1 aliphatic carbocycles. The molecule has 2 heteroatoms. The molecule has 0 radical (unpaired) electrons. The minimum absolute atomic E-state index is 0.0943. The van der Waals surface area contributed by atoms with E-state index in [0.717, 1.165) is 13.1 Å². The molecule has 0 bridgehead atoms. The quantitative estimate of drug-likeness (QED) is 0.836. The van der Waals surface area contributed by atoms with Gasteiger partial charge in [-0.2, -0.15) is 0 Å². The Hall–Kier alpha value is -0.860. The van der Waals surface area contributed by atoms with Gasteiger partial charge < -0.3 is 10.1 Å². The van der Waals surface area contributed by atoms with E-state index in [1.165, 1.54) is 36.8 Å². The van der Waals surface area contributed by atoms with E-state index < -0.39 is 0 Å². The molecule has 1 unspecified atom stereocenters. The van der Waals surface area contributed by atoms with Crippen LogP contribution in [0.3, 0.4) is 0 Å². The Morgan fingerprint density at radius 2 is 1.74 bits per heavy atom. The van der Waals surface area contributed by atoms with E-state index >= 15 is 0 Å². The molecule has 1 heterocycles. The van der Waals surface area contributed by atoms with Crippen molar-refractivity contribution < 1.29 is 4.74 Å². The third-order valence-electron chi connectivity index (χ3n) is 4.47. The van der Waals surface area contributed by atoms with Gasteiger partial charge in [-0.3, -0.25) is 0 Å². The van der Waals surface area contributed by atoms with Crippen LogP contribution < -0.4 is 5.32 Å². The predicted octanol–water partition coefficient (Wildman–Crippen LogP) is 3.18. The highest BCUT2D eigenvalue weighted by Crippen LogP contribution is 2.35. The van der Waals surface area contributed by atoms with Crippen LogP contribution in [0.25, 0.3) is 0 Å². The van der Waals surface area contributed by atoms with Crippen LogP contribution in [0, 0.1) is 0 Å². The van der Waals surface area contributed by atoms with Crippen LogP contribution in [-0.2, 0) is 23.2 Å². The highest BCUT2D eigenvalue weighted by molar-refractivity contribution is 5.36. The topological polar surface area (TPSA) is 21.3 Å². The molecule has 104 valence electrons. The van der Waals surface area contributed by atoms with E-state index in [1.807, 2.05) is 0 Å². The lowest BCUT2D eigenvalue weighted by Gasteiger charge is -2.44. The fraction of sp³-hybridized carbons (Fsp3) is 0.647. The molecule has 1 aliphatic heterocycles. The number of aryl methyl sites for hydroxylation is 2. The second-order valence-corrected chi connectivity index (χ2v) is 6.89. The maximum absolute atomic E-state index is 6.38. The van der Waals surface area contributed by atoms with Crippen molar-refractivity contribution in [2.75, 3.05) is 13.1 Å². The number of hydrogen-bond donors (Lipinski definition) is 1. The van der Waals surface area contributed by atoms with E-state index in [4.69, 9.17) is 4.74 Å². The minimum atomic E-state index is -0.200. The van der Waals surface area contributed by atoms with E-state index in [1.54, 1.807) is 5.56 Å². The molecule has 0 aromatic heterocycles. The summed E-state index contributed by atoms with van der Waals surface area (Å²) in [5.74, 6) is 0. The zero-order chi connectivity index (χ0) is 13.5. The maximum atomic E-state index is 6.38. The molecular formula is C17H25NO.